The number of likely N-dealkylation sites (tertiary alicyclic amines) is 2. The third-order valence-corrected chi connectivity index (χ3v) is 5.99. The summed E-state index contributed by atoms with van der Waals surface area (Å²) in [5.41, 5.74) is 2.34. The molecule has 4 rings (SSSR count). The van der Waals surface area contributed by atoms with Crippen molar-refractivity contribution in [1.29, 1.82) is 0 Å². The van der Waals surface area contributed by atoms with Crippen LogP contribution >= 0.6 is 24.8 Å². The highest BCUT2D eigenvalue weighted by molar-refractivity contribution is 5.85. The van der Waals surface area contributed by atoms with E-state index in [4.69, 9.17) is 0 Å². The molecule has 2 nitrogen and oxygen atoms in total. The zero-order valence-corrected chi connectivity index (χ0v) is 18.2. The lowest BCUT2D eigenvalue weighted by Crippen LogP contribution is -2.29. The van der Waals surface area contributed by atoms with Crippen LogP contribution in [0.3, 0.4) is 0 Å². The quantitative estimate of drug-likeness (QED) is 0.550. The fourth-order valence-corrected chi connectivity index (χ4v) is 4.92. The number of halogens is 6. The molecule has 0 radical (unpaired) electrons. The summed E-state index contributed by atoms with van der Waals surface area (Å²) in [7, 11) is 2.09. The topological polar surface area (TPSA) is 6.48 Å². The van der Waals surface area contributed by atoms with Gasteiger partial charge in [0.05, 0.1) is 6.42 Å². The Labute approximate surface area is 187 Å². The third kappa shape index (κ3) is 5.67. The van der Waals surface area contributed by atoms with Gasteiger partial charge < -0.3 is 0 Å². The lowest BCUT2D eigenvalue weighted by Gasteiger charge is -2.27. The summed E-state index contributed by atoms with van der Waals surface area (Å²) < 4.78 is 51.2. The Balaban J connectivity index is 0.00000160. The molecule has 0 spiro atoms. The molecule has 2 heterocycles. The second-order valence-electron chi connectivity index (χ2n) is 8.17. The largest absolute Gasteiger partial charge is 0.393 e. The number of hydrogen-bond donors (Lipinski definition) is 0. The molecule has 0 aromatic heterocycles. The van der Waals surface area contributed by atoms with Gasteiger partial charge in [-0.25, -0.2) is 4.39 Å². The van der Waals surface area contributed by atoms with Crippen molar-refractivity contribution in [1.82, 2.24) is 9.80 Å². The lowest BCUT2D eigenvalue weighted by molar-refractivity contribution is -0.127. The molecule has 2 saturated heterocycles. The highest BCUT2D eigenvalue weighted by atomic mass is 35.5. The zero-order chi connectivity index (χ0) is 19.9. The van der Waals surface area contributed by atoms with E-state index >= 15 is 0 Å². The van der Waals surface area contributed by atoms with Crippen LogP contribution in [0.2, 0.25) is 0 Å². The second kappa shape index (κ2) is 9.86. The van der Waals surface area contributed by atoms with Crippen LogP contribution in [-0.2, 0) is 13.0 Å². The van der Waals surface area contributed by atoms with E-state index in [1.54, 1.807) is 36.4 Å². The van der Waals surface area contributed by atoms with E-state index in [1.807, 2.05) is 6.07 Å². The Kier molecular flexibility index (Phi) is 8.19. The predicted molar refractivity (Wildman–Crippen MR) is 115 cm³/mol. The van der Waals surface area contributed by atoms with E-state index in [0.29, 0.717) is 17.4 Å². The highest BCUT2D eigenvalue weighted by Gasteiger charge is 2.45. The van der Waals surface area contributed by atoms with Crippen LogP contribution in [0.25, 0.3) is 0 Å². The Bertz CT molecular complexity index is 829. The number of rotatable bonds is 4. The van der Waals surface area contributed by atoms with Crippen LogP contribution in [0.5, 0.6) is 0 Å². The number of hydrogen-bond acceptors (Lipinski definition) is 2. The van der Waals surface area contributed by atoms with Crippen LogP contribution in [0, 0.1) is 17.7 Å². The van der Waals surface area contributed by atoms with E-state index < -0.39 is 12.6 Å². The molecule has 2 aliphatic heterocycles. The Morgan fingerprint density at radius 1 is 0.933 bits per heavy atom. The Hall–Kier alpha value is -1.34. The van der Waals surface area contributed by atoms with Gasteiger partial charge in [-0.3, -0.25) is 9.80 Å². The van der Waals surface area contributed by atoms with Crippen molar-refractivity contribution in [2.24, 2.45) is 11.8 Å². The highest BCUT2D eigenvalue weighted by Crippen LogP contribution is 2.44. The van der Waals surface area contributed by atoms with Crippen molar-refractivity contribution in [3.63, 3.8) is 0 Å². The minimum atomic E-state index is -4.17. The molecule has 0 aliphatic carbocycles. The molecular weight excluding hydrogens is 439 g/mol. The lowest BCUT2D eigenvalue weighted by atomic mass is 9.89. The van der Waals surface area contributed by atoms with Crippen LogP contribution in [0.1, 0.15) is 22.7 Å². The minimum absolute atomic E-state index is 0. The number of fused-ring (bicyclic) bond motifs is 1. The maximum absolute atomic E-state index is 13.7. The zero-order valence-electron chi connectivity index (χ0n) is 16.6. The first-order chi connectivity index (χ1) is 13.3. The molecule has 0 bridgehead atoms. The van der Waals surface area contributed by atoms with Gasteiger partial charge in [0, 0.05) is 32.2 Å². The van der Waals surface area contributed by atoms with Crippen LogP contribution in [0.15, 0.2) is 48.5 Å². The van der Waals surface area contributed by atoms with Gasteiger partial charge in [0.25, 0.3) is 0 Å². The van der Waals surface area contributed by atoms with Crippen molar-refractivity contribution in [3.8, 4) is 0 Å². The monoisotopic (exact) mass is 464 g/mol. The Morgan fingerprint density at radius 2 is 1.60 bits per heavy atom. The van der Waals surface area contributed by atoms with E-state index in [0.717, 1.165) is 37.3 Å². The normalized spacial score (nSPS) is 24.2. The molecule has 0 amide bonds. The molecule has 2 aliphatic rings. The first-order valence-electron chi connectivity index (χ1n) is 9.61. The fraction of sp³-hybridized carbons (Fsp3) is 0.455. The summed E-state index contributed by atoms with van der Waals surface area (Å²) in [5, 5.41) is 0. The second-order valence-corrected chi connectivity index (χ2v) is 8.17. The molecule has 0 N–H and O–H groups in total. The summed E-state index contributed by atoms with van der Waals surface area (Å²) in [6, 6.07) is 13.8. The molecule has 0 saturated carbocycles. The Morgan fingerprint density at radius 3 is 2.23 bits per heavy atom. The molecule has 0 unspecified atom stereocenters. The van der Waals surface area contributed by atoms with Crippen molar-refractivity contribution < 1.29 is 17.6 Å². The molecule has 2 fully saturated rings. The van der Waals surface area contributed by atoms with Gasteiger partial charge in [-0.2, -0.15) is 13.2 Å². The number of alkyl halides is 3. The van der Waals surface area contributed by atoms with Gasteiger partial charge in [0.2, 0.25) is 0 Å². The van der Waals surface area contributed by atoms with Gasteiger partial charge in [0.1, 0.15) is 5.82 Å². The van der Waals surface area contributed by atoms with Crippen molar-refractivity contribution >= 4 is 24.8 Å². The minimum Gasteiger partial charge on any atom is -0.299 e. The van der Waals surface area contributed by atoms with Crippen molar-refractivity contribution in [2.45, 2.75) is 25.2 Å². The van der Waals surface area contributed by atoms with Crippen LogP contribution in [-0.4, -0.2) is 42.7 Å². The first-order valence-corrected chi connectivity index (χ1v) is 9.61. The summed E-state index contributed by atoms with van der Waals surface area (Å²) in [6.07, 6.45) is -5.06. The molecule has 8 heteroatoms. The molecular formula is C22H26Cl2F4N2. The van der Waals surface area contributed by atoms with Crippen LogP contribution < -0.4 is 0 Å². The van der Waals surface area contributed by atoms with Crippen molar-refractivity contribution in [3.05, 3.63) is 71.0 Å². The van der Waals surface area contributed by atoms with Gasteiger partial charge >= 0.3 is 6.18 Å². The molecule has 3 atom stereocenters. The third-order valence-electron chi connectivity index (χ3n) is 5.99. The molecule has 2 aromatic carbocycles. The summed E-state index contributed by atoms with van der Waals surface area (Å²) >= 11 is 0. The average molecular weight is 465 g/mol. The first kappa shape index (κ1) is 24.9. The molecule has 166 valence electrons. The van der Waals surface area contributed by atoms with Gasteiger partial charge in [-0.15, -0.1) is 24.8 Å². The number of benzene rings is 2. The smallest absolute Gasteiger partial charge is 0.299 e. The fourth-order valence-electron chi connectivity index (χ4n) is 4.92. The standard InChI is InChI=1S/C22H24F4N2.2ClH/c1-27-12-18-13-28(11-16-7-5-15(6-8-16)10-22(24,25)26)14-20(18)21(27)17-3-2-4-19(23)9-17;;/h2-9,18,20-21H,10-14H2,1H3;2*1H/t18-,20+,21-;;/m0../s1. The van der Waals surface area contributed by atoms with E-state index in [9.17, 15) is 17.6 Å². The SMILES string of the molecule is CN1C[C@H]2CN(Cc3ccc(CC(F)(F)F)cc3)C[C@H]2[C@@H]1c1cccc(F)c1.Cl.Cl. The molecule has 30 heavy (non-hydrogen) atoms. The van der Waals surface area contributed by atoms with E-state index in [2.05, 4.69) is 16.8 Å². The summed E-state index contributed by atoms with van der Waals surface area (Å²) in [6.45, 7) is 3.59. The maximum Gasteiger partial charge on any atom is 0.393 e. The van der Waals surface area contributed by atoms with E-state index in [-0.39, 0.29) is 36.7 Å². The van der Waals surface area contributed by atoms with Crippen LogP contribution in [0.4, 0.5) is 17.6 Å². The van der Waals surface area contributed by atoms with Gasteiger partial charge in [-0.05, 0) is 47.7 Å². The summed E-state index contributed by atoms with van der Waals surface area (Å²) in [5.74, 6) is 0.766. The maximum atomic E-state index is 13.7. The molecule has 2 aromatic rings. The van der Waals surface area contributed by atoms with Gasteiger partial charge in [0.15, 0.2) is 0 Å². The van der Waals surface area contributed by atoms with E-state index in [1.165, 1.54) is 6.07 Å². The predicted octanol–water partition coefficient (Wildman–Crippen LogP) is 5.51. The van der Waals surface area contributed by atoms with Crippen molar-refractivity contribution in [2.75, 3.05) is 26.7 Å². The van der Waals surface area contributed by atoms with Gasteiger partial charge in [-0.1, -0.05) is 36.4 Å². The number of nitrogens with zero attached hydrogens (tertiary/aromatic N) is 2. The summed E-state index contributed by atoms with van der Waals surface area (Å²) in [4.78, 5) is 4.68. The average Bonchev–Trinajstić information content (AvgIpc) is 3.11.